The van der Waals surface area contributed by atoms with Crippen LogP contribution >= 0.6 is 0 Å². The van der Waals surface area contributed by atoms with E-state index in [0.29, 0.717) is 11.4 Å². The third kappa shape index (κ3) is 2.88. The molecule has 0 heterocycles. The molecule has 0 aliphatic heterocycles. The van der Waals surface area contributed by atoms with Crippen molar-refractivity contribution in [2.45, 2.75) is 37.9 Å². The Labute approximate surface area is 101 Å². The maximum atomic E-state index is 13.1. The van der Waals surface area contributed by atoms with Gasteiger partial charge in [-0.2, -0.15) is 0 Å². The van der Waals surface area contributed by atoms with Crippen LogP contribution in [0.3, 0.4) is 0 Å². The molecule has 0 amide bonds. The van der Waals surface area contributed by atoms with Crippen molar-refractivity contribution in [3.63, 3.8) is 0 Å². The van der Waals surface area contributed by atoms with Crippen LogP contribution in [0.5, 0.6) is 5.75 Å². The molecular weight excluding hydrogens is 221 g/mol. The molecule has 0 aromatic heterocycles. The van der Waals surface area contributed by atoms with E-state index in [2.05, 4.69) is 0 Å². The van der Waals surface area contributed by atoms with Crippen LogP contribution in [0.2, 0.25) is 0 Å². The van der Waals surface area contributed by atoms with Gasteiger partial charge in [0.2, 0.25) is 0 Å². The second kappa shape index (κ2) is 5.36. The fraction of sp³-hybridized carbons (Fsp3) is 0.538. The van der Waals surface area contributed by atoms with E-state index >= 15 is 0 Å². The van der Waals surface area contributed by atoms with Crippen molar-refractivity contribution >= 4 is 5.69 Å². The van der Waals surface area contributed by atoms with Gasteiger partial charge in [0.25, 0.3) is 0 Å². The van der Waals surface area contributed by atoms with E-state index in [1.165, 1.54) is 18.2 Å². The van der Waals surface area contributed by atoms with E-state index in [4.69, 9.17) is 15.2 Å². The van der Waals surface area contributed by atoms with Crippen molar-refractivity contribution in [1.29, 1.82) is 0 Å². The molecule has 0 bridgehead atoms. The summed E-state index contributed by atoms with van der Waals surface area (Å²) in [6, 6.07) is 4.18. The topological polar surface area (TPSA) is 44.5 Å². The van der Waals surface area contributed by atoms with Gasteiger partial charge < -0.3 is 15.2 Å². The highest BCUT2D eigenvalue weighted by atomic mass is 19.1. The molecule has 2 N–H and O–H groups in total. The van der Waals surface area contributed by atoms with Crippen LogP contribution in [0.4, 0.5) is 10.1 Å². The highest BCUT2D eigenvalue weighted by Crippen LogP contribution is 2.29. The second-order valence-corrected chi connectivity index (χ2v) is 4.40. The Balaban J connectivity index is 2.10. The Morgan fingerprint density at radius 3 is 2.65 bits per heavy atom. The summed E-state index contributed by atoms with van der Waals surface area (Å²) in [5.74, 6) is 0.0814. The third-order valence-corrected chi connectivity index (χ3v) is 3.20. The van der Waals surface area contributed by atoms with Gasteiger partial charge in [-0.25, -0.2) is 4.39 Å². The molecule has 2 rings (SSSR count). The molecule has 0 saturated heterocycles. The number of hydrogen-bond acceptors (Lipinski definition) is 3. The Bertz CT molecular complexity index is 384. The average Bonchev–Trinajstić information content (AvgIpc) is 2.34. The largest absolute Gasteiger partial charge is 0.485 e. The first-order valence-corrected chi connectivity index (χ1v) is 5.95. The summed E-state index contributed by atoms with van der Waals surface area (Å²) in [4.78, 5) is 0. The Kier molecular flexibility index (Phi) is 3.84. The molecule has 3 nitrogen and oxygen atoms in total. The molecule has 0 unspecified atom stereocenters. The number of hydrogen-bond donors (Lipinski definition) is 1. The monoisotopic (exact) mass is 239 g/mol. The molecule has 4 heteroatoms. The first-order valence-electron chi connectivity index (χ1n) is 5.95. The average molecular weight is 239 g/mol. The summed E-state index contributed by atoms with van der Waals surface area (Å²) in [6.45, 7) is 0. The third-order valence-electron chi connectivity index (χ3n) is 3.20. The van der Waals surface area contributed by atoms with Gasteiger partial charge >= 0.3 is 0 Å². The highest BCUT2D eigenvalue weighted by Gasteiger charge is 2.27. The zero-order valence-electron chi connectivity index (χ0n) is 9.99. The Morgan fingerprint density at radius 1 is 1.24 bits per heavy atom. The zero-order valence-corrected chi connectivity index (χ0v) is 9.99. The van der Waals surface area contributed by atoms with E-state index in [9.17, 15) is 4.39 Å². The number of nitrogen functional groups attached to an aromatic ring is 1. The maximum absolute atomic E-state index is 13.1. The van der Waals surface area contributed by atoms with E-state index in [1.54, 1.807) is 7.11 Å². The van der Waals surface area contributed by atoms with Gasteiger partial charge in [0.1, 0.15) is 17.7 Å². The van der Waals surface area contributed by atoms with Crippen molar-refractivity contribution in [2.75, 3.05) is 12.8 Å². The fourth-order valence-electron chi connectivity index (χ4n) is 2.24. The van der Waals surface area contributed by atoms with Gasteiger partial charge in [-0.1, -0.05) is 6.42 Å². The molecule has 1 aromatic rings. The lowest BCUT2D eigenvalue weighted by Crippen LogP contribution is -2.36. The quantitative estimate of drug-likeness (QED) is 0.825. The van der Waals surface area contributed by atoms with Crippen molar-refractivity contribution in [2.24, 2.45) is 0 Å². The van der Waals surface area contributed by atoms with Crippen LogP contribution in [0.1, 0.15) is 25.7 Å². The summed E-state index contributed by atoms with van der Waals surface area (Å²) in [5.41, 5.74) is 6.23. The number of methoxy groups -OCH3 is 1. The number of rotatable bonds is 3. The van der Waals surface area contributed by atoms with Crippen molar-refractivity contribution in [3.8, 4) is 5.75 Å². The molecule has 2 atom stereocenters. The molecule has 1 saturated carbocycles. The SMILES string of the molecule is CO[C@H]1CCCC[C@H]1Oc1cc(F)ccc1N. The number of benzene rings is 1. The van der Waals surface area contributed by atoms with E-state index in [-0.39, 0.29) is 18.0 Å². The minimum absolute atomic E-state index is 0.0298. The van der Waals surface area contributed by atoms with E-state index in [1.807, 2.05) is 0 Å². The molecule has 0 spiro atoms. The van der Waals surface area contributed by atoms with E-state index in [0.717, 1.165) is 25.7 Å². The van der Waals surface area contributed by atoms with Gasteiger partial charge in [-0.3, -0.25) is 0 Å². The van der Waals surface area contributed by atoms with Crippen molar-refractivity contribution in [3.05, 3.63) is 24.0 Å². The van der Waals surface area contributed by atoms with Gasteiger partial charge in [-0.05, 0) is 31.4 Å². The summed E-state index contributed by atoms with van der Waals surface area (Å²) >= 11 is 0. The van der Waals surface area contributed by atoms with E-state index < -0.39 is 0 Å². The Hall–Kier alpha value is -1.29. The maximum Gasteiger partial charge on any atom is 0.145 e. The van der Waals surface area contributed by atoms with Crippen LogP contribution < -0.4 is 10.5 Å². The number of anilines is 1. The highest BCUT2D eigenvalue weighted by molar-refractivity contribution is 5.52. The molecule has 17 heavy (non-hydrogen) atoms. The Morgan fingerprint density at radius 2 is 1.94 bits per heavy atom. The summed E-state index contributed by atoms with van der Waals surface area (Å²) in [6.07, 6.45) is 4.21. The van der Waals surface area contributed by atoms with Crippen LogP contribution in [0, 0.1) is 5.82 Å². The summed E-state index contributed by atoms with van der Waals surface area (Å²) in [7, 11) is 1.68. The van der Waals surface area contributed by atoms with Crippen LogP contribution in [-0.4, -0.2) is 19.3 Å². The molecule has 1 aliphatic rings. The first kappa shape index (κ1) is 12.2. The van der Waals surface area contributed by atoms with Crippen LogP contribution in [0.25, 0.3) is 0 Å². The van der Waals surface area contributed by atoms with Gasteiger partial charge in [0.05, 0.1) is 11.8 Å². The molecule has 1 aromatic carbocycles. The number of ether oxygens (including phenoxy) is 2. The lowest BCUT2D eigenvalue weighted by atomic mass is 9.94. The second-order valence-electron chi connectivity index (χ2n) is 4.40. The minimum Gasteiger partial charge on any atom is -0.485 e. The zero-order chi connectivity index (χ0) is 12.3. The molecular formula is C13H18FNO2. The smallest absolute Gasteiger partial charge is 0.145 e. The lowest BCUT2D eigenvalue weighted by Gasteiger charge is -2.31. The predicted octanol–water partition coefficient (Wildman–Crippen LogP) is 2.74. The van der Waals surface area contributed by atoms with Crippen LogP contribution in [-0.2, 0) is 4.74 Å². The molecule has 1 aliphatic carbocycles. The first-order chi connectivity index (χ1) is 8.20. The number of halogens is 1. The number of nitrogens with two attached hydrogens (primary N) is 1. The van der Waals surface area contributed by atoms with Crippen LogP contribution in [0.15, 0.2) is 18.2 Å². The van der Waals surface area contributed by atoms with Gasteiger partial charge in [0, 0.05) is 13.2 Å². The molecule has 1 fully saturated rings. The van der Waals surface area contributed by atoms with Gasteiger partial charge in [-0.15, -0.1) is 0 Å². The predicted molar refractivity (Wildman–Crippen MR) is 64.5 cm³/mol. The molecule has 0 radical (unpaired) electrons. The molecule has 94 valence electrons. The normalized spacial score (nSPS) is 24.6. The van der Waals surface area contributed by atoms with Crippen molar-refractivity contribution < 1.29 is 13.9 Å². The summed E-state index contributed by atoms with van der Waals surface area (Å²) < 4.78 is 24.3. The van der Waals surface area contributed by atoms with Crippen molar-refractivity contribution in [1.82, 2.24) is 0 Å². The fourth-order valence-corrected chi connectivity index (χ4v) is 2.24. The standard InChI is InChI=1S/C13H18FNO2/c1-16-11-4-2-3-5-12(11)17-13-8-9(14)6-7-10(13)15/h6-8,11-12H,2-5,15H2,1H3/t11-,12+/m0/s1. The van der Waals surface area contributed by atoms with Gasteiger partial charge in [0.15, 0.2) is 0 Å². The summed E-state index contributed by atoms with van der Waals surface area (Å²) in [5, 5.41) is 0. The minimum atomic E-state index is -0.334. The lowest BCUT2D eigenvalue weighted by molar-refractivity contribution is -0.0227.